The highest BCUT2D eigenvalue weighted by Crippen LogP contribution is 2.30. The summed E-state index contributed by atoms with van der Waals surface area (Å²) in [6.45, 7) is 8.37. The zero-order valence-corrected chi connectivity index (χ0v) is 10.0. The largest absolute Gasteiger partial charge is 0.495 e. The van der Waals surface area contributed by atoms with E-state index in [9.17, 15) is 0 Å². The first-order valence-corrected chi connectivity index (χ1v) is 4.99. The highest BCUT2D eigenvalue weighted by atomic mass is 16.5. The molecule has 0 aliphatic rings. The molecule has 0 unspecified atom stereocenters. The minimum absolute atomic E-state index is 0.0582. The lowest BCUT2D eigenvalue weighted by atomic mass is 9.85. The van der Waals surface area contributed by atoms with Crippen LogP contribution < -0.4 is 4.74 Å². The average molecular weight is 203 g/mol. The maximum absolute atomic E-state index is 9.03. The van der Waals surface area contributed by atoms with Crippen molar-refractivity contribution >= 4 is 0 Å². The van der Waals surface area contributed by atoms with Crippen LogP contribution in [0, 0.1) is 18.3 Å². The fourth-order valence-electron chi connectivity index (χ4n) is 1.56. The van der Waals surface area contributed by atoms with Crippen LogP contribution in [0.5, 0.6) is 5.75 Å². The van der Waals surface area contributed by atoms with Crippen LogP contribution in [0.1, 0.15) is 37.5 Å². The van der Waals surface area contributed by atoms with E-state index < -0.39 is 0 Å². The first kappa shape index (κ1) is 11.6. The molecule has 0 bridgehead atoms. The fourth-order valence-corrected chi connectivity index (χ4v) is 1.56. The van der Waals surface area contributed by atoms with Crippen molar-refractivity contribution in [3.8, 4) is 11.8 Å². The summed E-state index contributed by atoms with van der Waals surface area (Å²) in [6, 6.07) is 6.17. The second kappa shape index (κ2) is 3.94. The summed E-state index contributed by atoms with van der Waals surface area (Å²) in [5, 5.41) is 9.03. The third-order valence-corrected chi connectivity index (χ3v) is 2.47. The fraction of sp³-hybridized carbons (Fsp3) is 0.462. The van der Waals surface area contributed by atoms with Crippen molar-refractivity contribution in [2.24, 2.45) is 0 Å². The van der Waals surface area contributed by atoms with Crippen LogP contribution in [0.25, 0.3) is 0 Å². The van der Waals surface area contributed by atoms with Gasteiger partial charge in [0.15, 0.2) is 0 Å². The topological polar surface area (TPSA) is 33.0 Å². The van der Waals surface area contributed by atoms with Crippen LogP contribution in [0.3, 0.4) is 0 Å². The Morgan fingerprint density at radius 3 is 2.27 bits per heavy atom. The maximum Gasteiger partial charge on any atom is 0.139 e. The van der Waals surface area contributed by atoms with Crippen molar-refractivity contribution in [3.63, 3.8) is 0 Å². The van der Waals surface area contributed by atoms with Gasteiger partial charge in [-0.1, -0.05) is 26.8 Å². The number of ether oxygens (including phenoxy) is 1. The Hall–Kier alpha value is -1.49. The predicted molar refractivity (Wildman–Crippen MR) is 61.1 cm³/mol. The van der Waals surface area contributed by atoms with E-state index in [0.717, 1.165) is 11.1 Å². The van der Waals surface area contributed by atoms with Crippen molar-refractivity contribution in [1.82, 2.24) is 0 Å². The average Bonchev–Trinajstić information content (AvgIpc) is 2.15. The molecular formula is C13H17NO. The van der Waals surface area contributed by atoms with Crippen molar-refractivity contribution in [1.29, 1.82) is 5.26 Å². The minimum atomic E-state index is 0.0582. The van der Waals surface area contributed by atoms with Crippen LogP contribution in [0.4, 0.5) is 0 Å². The summed E-state index contributed by atoms with van der Waals surface area (Å²) in [7, 11) is 1.60. The number of nitriles is 1. The quantitative estimate of drug-likeness (QED) is 0.702. The molecule has 0 heterocycles. The maximum atomic E-state index is 9.03. The molecule has 0 saturated heterocycles. The van der Waals surface area contributed by atoms with Crippen LogP contribution in [0.2, 0.25) is 0 Å². The van der Waals surface area contributed by atoms with Crippen molar-refractivity contribution < 1.29 is 4.74 Å². The monoisotopic (exact) mass is 203 g/mol. The molecule has 1 rings (SSSR count). The summed E-state index contributed by atoms with van der Waals surface area (Å²) >= 11 is 0. The van der Waals surface area contributed by atoms with Crippen molar-refractivity contribution in [2.75, 3.05) is 7.11 Å². The first-order chi connectivity index (χ1) is 6.90. The molecule has 0 N–H and O–H groups in total. The number of benzene rings is 1. The smallest absolute Gasteiger partial charge is 0.139 e. The molecule has 0 saturated carbocycles. The summed E-state index contributed by atoms with van der Waals surface area (Å²) in [5.74, 6) is 0.686. The van der Waals surface area contributed by atoms with Gasteiger partial charge in [0.25, 0.3) is 0 Å². The molecule has 80 valence electrons. The molecule has 0 amide bonds. The number of nitrogens with zero attached hydrogens (tertiary/aromatic N) is 1. The van der Waals surface area contributed by atoms with E-state index in [-0.39, 0.29) is 5.41 Å². The second-order valence-electron chi connectivity index (χ2n) is 4.74. The normalized spacial score (nSPS) is 10.9. The van der Waals surface area contributed by atoms with E-state index in [1.165, 1.54) is 0 Å². The van der Waals surface area contributed by atoms with E-state index in [1.807, 2.05) is 13.0 Å². The molecular weight excluding hydrogens is 186 g/mol. The Morgan fingerprint density at radius 2 is 1.87 bits per heavy atom. The lowest BCUT2D eigenvalue weighted by molar-refractivity contribution is 0.409. The summed E-state index contributed by atoms with van der Waals surface area (Å²) < 4.78 is 5.21. The van der Waals surface area contributed by atoms with Crippen LogP contribution in [-0.2, 0) is 5.41 Å². The molecule has 0 spiro atoms. The van der Waals surface area contributed by atoms with E-state index in [2.05, 4.69) is 32.9 Å². The highest BCUT2D eigenvalue weighted by molar-refractivity contribution is 5.51. The van der Waals surface area contributed by atoms with Gasteiger partial charge in [-0.3, -0.25) is 0 Å². The lowest BCUT2D eigenvalue weighted by Crippen LogP contribution is -2.12. The van der Waals surface area contributed by atoms with Crippen LogP contribution >= 0.6 is 0 Å². The minimum Gasteiger partial charge on any atom is -0.495 e. The Bertz CT molecular complexity index is 408. The molecule has 0 radical (unpaired) electrons. The van der Waals surface area contributed by atoms with Gasteiger partial charge in [-0.15, -0.1) is 0 Å². The number of hydrogen-bond donors (Lipinski definition) is 0. The standard InChI is InChI=1S/C13H17NO/c1-9-6-11(13(2,3)4)7-10(8-14)12(9)15-5/h6-7H,1-5H3. The van der Waals surface area contributed by atoms with E-state index in [1.54, 1.807) is 7.11 Å². The number of hydrogen-bond acceptors (Lipinski definition) is 2. The van der Waals surface area contributed by atoms with E-state index >= 15 is 0 Å². The van der Waals surface area contributed by atoms with Gasteiger partial charge < -0.3 is 4.74 Å². The summed E-state index contributed by atoms with van der Waals surface area (Å²) in [4.78, 5) is 0. The molecule has 0 aliphatic carbocycles. The van der Waals surface area contributed by atoms with Crippen LogP contribution in [-0.4, -0.2) is 7.11 Å². The third-order valence-electron chi connectivity index (χ3n) is 2.47. The van der Waals surface area contributed by atoms with Gasteiger partial charge in [0.1, 0.15) is 11.8 Å². The molecule has 0 fully saturated rings. The molecule has 2 nitrogen and oxygen atoms in total. The van der Waals surface area contributed by atoms with Gasteiger partial charge >= 0.3 is 0 Å². The Kier molecular flexibility index (Phi) is 3.04. The summed E-state index contributed by atoms with van der Waals surface area (Å²) in [6.07, 6.45) is 0. The van der Waals surface area contributed by atoms with Gasteiger partial charge in [-0.2, -0.15) is 5.26 Å². The SMILES string of the molecule is COc1c(C)cc(C(C)(C)C)cc1C#N. The molecule has 0 atom stereocenters. The molecule has 0 aliphatic heterocycles. The highest BCUT2D eigenvalue weighted by Gasteiger charge is 2.17. The first-order valence-electron chi connectivity index (χ1n) is 4.99. The van der Waals surface area contributed by atoms with Gasteiger partial charge in [0.05, 0.1) is 12.7 Å². The predicted octanol–water partition coefficient (Wildman–Crippen LogP) is 3.17. The van der Waals surface area contributed by atoms with Gasteiger partial charge in [-0.05, 0) is 29.5 Å². The van der Waals surface area contributed by atoms with E-state index in [4.69, 9.17) is 10.00 Å². The van der Waals surface area contributed by atoms with Gasteiger partial charge in [0, 0.05) is 0 Å². The van der Waals surface area contributed by atoms with Crippen molar-refractivity contribution in [3.05, 3.63) is 28.8 Å². The third kappa shape index (κ3) is 2.30. The van der Waals surface area contributed by atoms with Gasteiger partial charge in [0.2, 0.25) is 0 Å². The van der Waals surface area contributed by atoms with Crippen molar-refractivity contribution in [2.45, 2.75) is 33.1 Å². The number of aryl methyl sites for hydroxylation is 1. The molecule has 15 heavy (non-hydrogen) atoms. The molecule has 1 aromatic carbocycles. The Balaban J connectivity index is 3.41. The van der Waals surface area contributed by atoms with Gasteiger partial charge in [-0.25, -0.2) is 0 Å². The summed E-state index contributed by atoms with van der Waals surface area (Å²) in [5.41, 5.74) is 2.85. The zero-order valence-electron chi connectivity index (χ0n) is 10.0. The number of rotatable bonds is 1. The molecule has 0 aromatic heterocycles. The lowest BCUT2D eigenvalue weighted by Gasteiger charge is -2.21. The molecule has 1 aromatic rings. The second-order valence-corrected chi connectivity index (χ2v) is 4.74. The Labute approximate surface area is 91.5 Å². The van der Waals surface area contributed by atoms with E-state index in [0.29, 0.717) is 11.3 Å². The molecule has 2 heteroatoms. The zero-order chi connectivity index (χ0) is 11.6. The Morgan fingerprint density at radius 1 is 1.27 bits per heavy atom. The number of methoxy groups -OCH3 is 1. The van der Waals surface area contributed by atoms with Crippen LogP contribution in [0.15, 0.2) is 12.1 Å².